The van der Waals surface area contributed by atoms with Gasteiger partial charge in [0.1, 0.15) is 5.25 Å². The van der Waals surface area contributed by atoms with Crippen LogP contribution in [-0.2, 0) is 10.1 Å². The molecule has 2 atom stereocenters. The van der Waals surface area contributed by atoms with Gasteiger partial charge in [0.25, 0.3) is 10.1 Å². The third-order valence-corrected chi connectivity index (χ3v) is 6.82. The van der Waals surface area contributed by atoms with Gasteiger partial charge in [-0.05, 0) is 12.8 Å². The molecule has 4 nitrogen and oxygen atoms in total. The summed E-state index contributed by atoms with van der Waals surface area (Å²) < 4.78 is 32.5. The highest BCUT2D eigenvalue weighted by molar-refractivity contribution is 7.86. The molecule has 0 aromatic carbocycles. The van der Waals surface area contributed by atoms with E-state index in [0.29, 0.717) is 12.8 Å². The zero-order chi connectivity index (χ0) is 20.4. The van der Waals surface area contributed by atoms with Crippen molar-refractivity contribution in [2.75, 3.05) is 0 Å². The van der Waals surface area contributed by atoms with Gasteiger partial charge in [-0.3, -0.25) is 4.55 Å². The van der Waals surface area contributed by atoms with Crippen LogP contribution in [0.4, 0.5) is 0 Å². The Kier molecular flexibility index (Phi) is 17.8. The van der Waals surface area contributed by atoms with Gasteiger partial charge in [0.05, 0.1) is 6.10 Å². The zero-order valence-electron chi connectivity index (χ0n) is 18.0. The van der Waals surface area contributed by atoms with E-state index in [1.165, 1.54) is 64.2 Å². The standard InChI is InChI=1S/C22H46O4S/c1-3-5-7-8-9-10-11-12-13-14-15-16-18-20-22(27(24,25)26)21(23)19-17-6-4-2/h21-23H,3-20H2,1-2H3,(H,24,25,26). The van der Waals surface area contributed by atoms with E-state index < -0.39 is 21.5 Å². The van der Waals surface area contributed by atoms with Gasteiger partial charge in [0.15, 0.2) is 0 Å². The number of rotatable bonds is 20. The molecule has 0 aromatic rings. The van der Waals surface area contributed by atoms with Gasteiger partial charge in [-0.2, -0.15) is 8.42 Å². The summed E-state index contributed by atoms with van der Waals surface area (Å²) >= 11 is 0. The summed E-state index contributed by atoms with van der Waals surface area (Å²) in [7, 11) is -4.17. The van der Waals surface area contributed by atoms with Crippen LogP contribution in [0.2, 0.25) is 0 Å². The van der Waals surface area contributed by atoms with Crippen LogP contribution >= 0.6 is 0 Å². The van der Waals surface area contributed by atoms with Crippen LogP contribution in [0, 0.1) is 0 Å². The van der Waals surface area contributed by atoms with Crippen LogP contribution in [0.1, 0.15) is 129 Å². The Bertz CT molecular complexity index is 409. The van der Waals surface area contributed by atoms with Crippen molar-refractivity contribution in [3.63, 3.8) is 0 Å². The van der Waals surface area contributed by atoms with Crippen molar-refractivity contribution >= 4 is 10.1 Å². The highest BCUT2D eigenvalue weighted by atomic mass is 32.2. The average molecular weight is 407 g/mol. The Labute approximate surface area is 169 Å². The molecule has 27 heavy (non-hydrogen) atoms. The fraction of sp³-hybridized carbons (Fsp3) is 1.00. The molecule has 2 N–H and O–H groups in total. The molecule has 0 amide bonds. The number of hydrogen-bond acceptors (Lipinski definition) is 3. The lowest BCUT2D eigenvalue weighted by Crippen LogP contribution is -2.33. The maximum absolute atomic E-state index is 11.6. The van der Waals surface area contributed by atoms with E-state index in [1.807, 2.05) is 0 Å². The zero-order valence-corrected chi connectivity index (χ0v) is 18.8. The molecule has 0 aliphatic carbocycles. The van der Waals surface area contributed by atoms with E-state index in [2.05, 4.69) is 13.8 Å². The summed E-state index contributed by atoms with van der Waals surface area (Å²) in [5, 5.41) is 9.11. The molecule has 0 saturated carbocycles. The maximum Gasteiger partial charge on any atom is 0.270 e. The molecule has 5 heteroatoms. The normalized spacial score (nSPS) is 14.4. The van der Waals surface area contributed by atoms with Crippen molar-refractivity contribution in [2.24, 2.45) is 0 Å². The second-order valence-corrected chi connectivity index (χ2v) is 9.78. The molecule has 2 unspecified atom stereocenters. The lowest BCUT2D eigenvalue weighted by Gasteiger charge is -2.20. The number of aliphatic hydroxyl groups is 1. The van der Waals surface area contributed by atoms with Crippen LogP contribution in [0.5, 0.6) is 0 Å². The molecular formula is C22H46O4S. The first-order valence-electron chi connectivity index (χ1n) is 11.6. The second-order valence-electron chi connectivity index (χ2n) is 8.15. The summed E-state index contributed by atoms with van der Waals surface area (Å²) in [6, 6.07) is 0. The van der Waals surface area contributed by atoms with Gasteiger partial charge in [-0.15, -0.1) is 0 Å². The molecular weight excluding hydrogens is 360 g/mol. The van der Waals surface area contributed by atoms with Gasteiger partial charge in [0, 0.05) is 0 Å². The number of aliphatic hydroxyl groups excluding tert-OH is 1. The van der Waals surface area contributed by atoms with Crippen molar-refractivity contribution in [1.29, 1.82) is 0 Å². The summed E-state index contributed by atoms with van der Waals surface area (Å²) in [6.07, 6.45) is 18.8. The van der Waals surface area contributed by atoms with Crippen molar-refractivity contribution in [3.8, 4) is 0 Å². The monoisotopic (exact) mass is 406 g/mol. The minimum atomic E-state index is -4.17. The van der Waals surface area contributed by atoms with E-state index in [1.54, 1.807) is 0 Å². The van der Waals surface area contributed by atoms with Crippen molar-refractivity contribution in [1.82, 2.24) is 0 Å². The van der Waals surface area contributed by atoms with E-state index in [-0.39, 0.29) is 0 Å². The van der Waals surface area contributed by atoms with Gasteiger partial charge < -0.3 is 5.11 Å². The Morgan fingerprint density at radius 1 is 0.593 bits per heavy atom. The first-order valence-corrected chi connectivity index (χ1v) is 13.1. The molecule has 0 aliphatic rings. The molecule has 0 rings (SSSR count). The van der Waals surface area contributed by atoms with Gasteiger partial charge in [0.2, 0.25) is 0 Å². The quantitative estimate of drug-likeness (QED) is 0.175. The van der Waals surface area contributed by atoms with Gasteiger partial charge >= 0.3 is 0 Å². The second kappa shape index (κ2) is 17.9. The number of hydrogen-bond donors (Lipinski definition) is 2. The molecule has 0 bridgehead atoms. The Hall–Kier alpha value is -0.130. The van der Waals surface area contributed by atoms with Crippen LogP contribution < -0.4 is 0 Å². The summed E-state index contributed by atoms with van der Waals surface area (Å²) in [4.78, 5) is 0. The molecule has 0 fully saturated rings. The van der Waals surface area contributed by atoms with Crippen LogP contribution in [0.15, 0.2) is 0 Å². The molecule has 0 spiro atoms. The maximum atomic E-state index is 11.6. The molecule has 0 aromatic heterocycles. The van der Waals surface area contributed by atoms with Gasteiger partial charge in [-0.25, -0.2) is 0 Å². The molecule has 164 valence electrons. The fourth-order valence-corrected chi connectivity index (χ4v) is 4.69. The largest absolute Gasteiger partial charge is 0.392 e. The fourth-order valence-electron chi connectivity index (χ4n) is 3.69. The lowest BCUT2D eigenvalue weighted by atomic mass is 10.0. The Morgan fingerprint density at radius 3 is 1.33 bits per heavy atom. The Morgan fingerprint density at radius 2 is 0.926 bits per heavy atom. The van der Waals surface area contributed by atoms with E-state index >= 15 is 0 Å². The van der Waals surface area contributed by atoms with Crippen molar-refractivity contribution in [2.45, 2.75) is 141 Å². The molecule has 0 saturated heterocycles. The third kappa shape index (κ3) is 16.5. The lowest BCUT2D eigenvalue weighted by molar-refractivity contribution is 0.146. The Balaban J connectivity index is 3.69. The third-order valence-electron chi connectivity index (χ3n) is 5.51. The first-order chi connectivity index (χ1) is 12.9. The van der Waals surface area contributed by atoms with Crippen molar-refractivity contribution < 1.29 is 18.1 Å². The summed E-state index contributed by atoms with van der Waals surface area (Å²) in [5.41, 5.74) is 0. The van der Waals surface area contributed by atoms with E-state index in [9.17, 15) is 18.1 Å². The van der Waals surface area contributed by atoms with Gasteiger partial charge in [-0.1, -0.05) is 117 Å². The van der Waals surface area contributed by atoms with Crippen molar-refractivity contribution in [3.05, 3.63) is 0 Å². The predicted molar refractivity (Wildman–Crippen MR) is 116 cm³/mol. The average Bonchev–Trinajstić information content (AvgIpc) is 2.61. The van der Waals surface area contributed by atoms with E-state index in [4.69, 9.17) is 0 Å². The van der Waals surface area contributed by atoms with Crippen LogP contribution in [0.3, 0.4) is 0 Å². The molecule has 0 aliphatic heterocycles. The topological polar surface area (TPSA) is 74.6 Å². The predicted octanol–water partition coefficient (Wildman–Crippen LogP) is 6.67. The highest BCUT2D eigenvalue weighted by Gasteiger charge is 2.29. The first kappa shape index (κ1) is 26.9. The molecule has 0 heterocycles. The summed E-state index contributed by atoms with van der Waals surface area (Å²) in [5.74, 6) is 0. The summed E-state index contributed by atoms with van der Waals surface area (Å²) in [6.45, 7) is 4.32. The minimum Gasteiger partial charge on any atom is -0.392 e. The minimum absolute atomic E-state index is 0.365. The SMILES string of the molecule is CCCCCCCCCCCCCCCC(C(O)CCCCC)S(=O)(=O)O. The highest BCUT2D eigenvalue weighted by Crippen LogP contribution is 2.20. The van der Waals surface area contributed by atoms with E-state index in [0.717, 1.165) is 38.5 Å². The molecule has 0 radical (unpaired) electrons. The smallest absolute Gasteiger partial charge is 0.270 e. The van der Waals surface area contributed by atoms with Crippen LogP contribution in [-0.4, -0.2) is 29.4 Å². The number of unbranched alkanes of at least 4 members (excludes halogenated alkanes) is 14. The van der Waals surface area contributed by atoms with Crippen LogP contribution in [0.25, 0.3) is 0 Å².